The molecule has 0 spiro atoms. The van der Waals surface area contributed by atoms with E-state index in [1.54, 1.807) is 0 Å². The van der Waals surface area contributed by atoms with Crippen molar-refractivity contribution in [3.05, 3.63) is 26.7 Å². The lowest BCUT2D eigenvalue weighted by Gasteiger charge is -2.35. The van der Waals surface area contributed by atoms with Crippen LogP contribution in [0.25, 0.3) is 0 Å². The van der Waals surface area contributed by atoms with Crippen molar-refractivity contribution >= 4 is 49.2 Å². The molecule has 1 saturated heterocycles. The lowest BCUT2D eigenvalue weighted by Crippen LogP contribution is -2.45. The molecule has 1 fully saturated rings. The van der Waals surface area contributed by atoms with Crippen LogP contribution in [0.15, 0.2) is 21.5 Å². The minimum Gasteiger partial charge on any atom is -0.375 e. The number of halogens is 3. The Hall–Kier alpha value is 0.150. The van der Waals surface area contributed by atoms with Gasteiger partial charge in [0, 0.05) is 17.1 Å². The van der Waals surface area contributed by atoms with Crippen LogP contribution >= 0.6 is 39.1 Å². The molecule has 21 heavy (non-hydrogen) atoms. The fraction of sp³-hybridized carbons (Fsp3) is 0.538. The first-order chi connectivity index (χ1) is 9.61. The van der Waals surface area contributed by atoms with Crippen LogP contribution in [0.2, 0.25) is 10.0 Å². The van der Waals surface area contributed by atoms with Crippen molar-refractivity contribution in [1.82, 2.24) is 4.72 Å². The van der Waals surface area contributed by atoms with Gasteiger partial charge < -0.3 is 4.74 Å². The van der Waals surface area contributed by atoms with E-state index in [9.17, 15) is 8.42 Å². The maximum Gasteiger partial charge on any atom is 0.243 e. The maximum absolute atomic E-state index is 12.5. The highest BCUT2D eigenvalue weighted by Gasteiger charge is 2.33. The zero-order valence-corrected chi connectivity index (χ0v) is 15.5. The molecule has 0 aromatic heterocycles. The molecule has 1 unspecified atom stereocenters. The second kappa shape index (κ2) is 6.34. The quantitative estimate of drug-likeness (QED) is 0.810. The molecule has 1 heterocycles. The number of ether oxygens (including phenoxy) is 1. The number of benzene rings is 1. The van der Waals surface area contributed by atoms with E-state index in [1.807, 2.05) is 13.8 Å². The van der Waals surface area contributed by atoms with Crippen LogP contribution in [0.3, 0.4) is 0 Å². The molecule has 4 nitrogen and oxygen atoms in total. The number of nitrogens with one attached hydrogen (secondary N) is 1. The van der Waals surface area contributed by atoms with Gasteiger partial charge in [0.05, 0.1) is 15.6 Å². The van der Waals surface area contributed by atoms with E-state index >= 15 is 0 Å². The molecule has 0 aliphatic carbocycles. The van der Waals surface area contributed by atoms with Crippen LogP contribution < -0.4 is 4.72 Å². The molecule has 118 valence electrons. The molecule has 0 saturated carbocycles. The Kier molecular flexibility index (Phi) is 5.28. The van der Waals surface area contributed by atoms with Gasteiger partial charge in [0.1, 0.15) is 4.90 Å². The average molecular weight is 417 g/mol. The van der Waals surface area contributed by atoms with Crippen molar-refractivity contribution in [3.63, 3.8) is 0 Å². The van der Waals surface area contributed by atoms with Crippen LogP contribution in [0.4, 0.5) is 0 Å². The fourth-order valence-corrected chi connectivity index (χ4v) is 5.60. The van der Waals surface area contributed by atoms with Gasteiger partial charge in [-0.3, -0.25) is 0 Å². The molecule has 0 bridgehead atoms. The Morgan fingerprint density at radius 3 is 2.43 bits per heavy atom. The smallest absolute Gasteiger partial charge is 0.243 e. The van der Waals surface area contributed by atoms with Crippen molar-refractivity contribution in [2.45, 2.75) is 43.2 Å². The van der Waals surface area contributed by atoms with Gasteiger partial charge in [-0.25, -0.2) is 13.1 Å². The Labute approximate surface area is 143 Å². The molecule has 8 heteroatoms. The number of rotatable bonds is 3. The highest BCUT2D eigenvalue weighted by atomic mass is 79.9. The van der Waals surface area contributed by atoms with E-state index in [2.05, 4.69) is 20.7 Å². The summed E-state index contributed by atoms with van der Waals surface area (Å²) in [5.74, 6) is 0. The monoisotopic (exact) mass is 415 g/mol. The van der Waals surface area contributed by atoms with Crippen molar-refractivity contribution in [2.75, 3.05) is 6.61 Å². The summed E-state index contributed by atoms with van der Waals surface area (Å²) in [7, 11) is -3.78. The van der Waals surface area contributed by atoms with Crippen molar-refractivity contribution in [1.29, 1.82) is 0 Å². The van der Waals surface area contributed by atoms with Crippen molar-refractivity contribution in [3.8, 4) is 0 Å². The van der Waals surface area contributed by atoms with Gasteiger partial charge >= 0.3 is 0 Å². The van der Waals surface area contributed by atoms with Crippen LogP contribution in [0.1, 0.15) is 26.7 Å². The summed E-state index contributed by atoms with van der Waals surface area (Å²) < 4.78 is 33.9. The highest BCUT2D eigenvalue weighted by molar-refractivity contribution is 9.10. The third-order valence-electron chi connectivity index (χ3n) is 3.25. The molecule has 0 amide bonds. The Bertz CT molecular complexity index is 626. The van der Waals surface area contributed by atoms with Crippen LogP contribution in [0.5, 0.6) is 0 Å². The van der Waals surface area contributed by atoms with Crippen LogP contribution in [-0.2, 0) is 14.8 Å². The van der Waals surface area contributed by atoms with E-state index < -0.39 is 10.0 Å². The predicted molar refractivity (Wildman–Crippen MR) is 87.5 cm³/mol. The van der Waals surface area contributed by atoms with Gasteiger partial charge in [0.15, 0.2) is 0 Å². The molecular formula is C13H16BrCl2NO3S. The van der Waals surface area contributed by atoms with Crippen LogP contribution in [-0.4, -0.2) is 26.7 Å². The zero-order valence-electron chi connectivity index (χ0n) is 11.6. The molecule has 1 atom stereocenters. The topological polar surface area (TPSA) is 55.4 Å². The zero-order chi connectivity index (χ0) is 15.8. The van der Waals surface area contributed by atoms with E-state index in [4.69, 9.17) is 27.9 Å². The summed E-state index contributed by atoms with van der Waals surface area (Å²) >= 11 is 15.3. The van der Waals surface area contributed by atoms with Gasteiger partial charge in [-0.05, 0) is 38.8 Å². The summed E-state index contributed by atoms with van der Waals surface area (Å²) in [6.45, 7) is 4.39. The van der Waals surface area contributed by atoms with Gasteiger partial charge in [-0.15, -0.1) is 0 Å². The Balaban J connectivity index is 2.27. The largest absolute Gasteiger partial charge is 0.375 e. The first-order valence-electron chi connectivity index (χ1n) is 6.41. The summed E-state index contributed by atoms with van der Waals surface area (Å²) in [5.41, 5.74) is -0.348. The number of sulfonamides is 1. The first kappa shape index (κ1) is 17.5. The second-order valence-corrected chi connectivity index (χ2v) is 9.00. The van der Waals surface area contributed by atoms with Crippen molar-refractivity contribution < 1.29 is 13.2 Å². The molecular weight excluding hydrogens is 401 g/mol. The molecule has 1 N–H and O–H groups in total. The average Bonchev–Trinajstić information content (AvgIpc) is 2.23. The minimum atomic E-state index is -3.78. The molecule has 1 aromatic carbocycles. The molecule has 0 radical (unpaired) electrons. The number of hydrogen-bond acceptors (Lipinski definition) is 3. The van der Waals surface area contributed by atoms with E-state index in [-0.39, 0.29) is 26.6 Å². The first-order valence-corrected chi connectivity index (χ1v) is 9.45. The Morgan fingerprint density at radius 1 is 1.33 bits per heavy atom. The molecule has 1 aliphatic rings. The van der Waals surface area contributed by atoms with E-state index in [0.29, 0.717) is 23.9 Å². The predicted octanol–water partition coefficient (Wildman–Crippen LogP) is 3.99. The third kappa shape index (κ3) is 4.33. The third-order valence-corrected chi connectivity index (χ3v) is 6.15. The summed E-state index contributed by atoms with van der Waals surface area (Å²) in [4.78, 5) is -0.0849. The number of hydrogen-bond donors (Lipinski definition) is 1. The van der Waals surface area contributed by atoms with Gasteiger partial charge in [0.25, 0.3) is 0 Å². The lowest BCUT2D eigenvalue weighted by atomic mass is 9.95. The minimum absolute atomic E-state index is 0.0849. The fourth-order valence-electron chi connectivity index (χ4n) is 2.40. The summed E-state index contributed by atoms with van der Waals surface area (Å²) in [5, 5.41) is 0.182. The van der Waals surface area contributed by atoms with E-state index in [1.165, 1.54) is 12.1 Å². The van der Waals surface area contributed by atoms with Gasteiger partial charge in [-0.2, -0.15) is 0 Å². The van der Waals surface area contributed by atoms with Gasteiger partial charge in [0.2, 0.25) is 10.0 Å². The van der Waals surface area contributed by atoms with Crippen molar-refractivity contribution in [2.24, 2.45) is 0 Å². The molecule has 1 aliphatic heterocycles. The normalized spacial score (nSPS) is 22.2. The SMILES string of the molecule is CC1(C)CC(NS(=O)(=O)c2c(Cl)cc(Br)cc2Cl)CCO1. The maximum atomic E-state index is 12.5. The Morgan fingerprint density at radius 2 is 1.90 bits per heavy atom. The molecule has 1 aromatic rings. The van der Waals surface area contributed by atoms with Crippen LogP contribution in [0, 0.1) is 0 Å². The van der Waals surface area contributed by atoms with E-state index in [0.717, 1.165) is 0 Å². The molecule has 2 rings (SSSR count). The van der Waals surface area contributed by atoms with Gasteiger partial charge in [-0.1, -0.05) is 39.1 Å². The summed E-state index contributed by atoms with van der Waals surface area (Å²) in [6, 6.07) is 2.82. The second-order valence-electron chi connectivity index (χ2n) is 5.62. The highest BCUT2D eigenvalue weighted by Crippen LogP contribution is 2.33. The lowest BCUT2D eigenvalue weighted by molar-refractivity contribution is -0.0599. The summed E-state index contributed by atoms with van der Waals surface area (Å²) in [6.07, 6.45) is 1.21. The standard InChI is InChI=1S/C13H16BrCl2NO3S/c1-13(2)7-9(3-4-20-13)17-21(18,19)12-10(15)5-8(14)6-11(12)16/h5-6,9,17H,3-4,7H2,1-2H3.